The van der Waals surface area contributed by atoms with Crippen molar-refractivity contribution in [3.05, 3.63) is 77.9 Å². The van der Waals surface area contributed by atoms with Crippen LogP contribution in [0.2, 0.25) is 0 Å². The van der Waals surface area contributed by atoms with Gasteiger partial charge in [0.15, 0.2) is 0 Å². The number of likely N-dealkylation sites (tertiary alicyclic amines) is 1. The Kier molecular flexibility index (Phi) is 8.12. The SMILES string of the molecule is C=CCOc1ccc(C2/C(=C(/O)c3ccc(OC(C)C)cc3)C(=O)C(=O)N2CCN(C)C)cc1. The first-order chi connectivity index (χ1) is 16.2. The van der Waals surface area contributed by atoms with Crippen molar-refractivity contribution in [3.8, 4) is 11.5 Å². The first-order valence-corrected chi connectivity index (χ1v) is 11.3. The van der Waals surface area contributed by atoms with Crippen LogP contribution in [0.3, 0.4) is 0 Å². The Bertz CT molecular complexity index is 1060. The number of aliphatic hydroxyl groups is 1. The van der Waals surface area contributed by atoms with E-state index in [9.17, 15) is 14.7 Å². The van der Waals surface area contributed by atoms with Gasteiger partial charge in [0, 0.05) is 18.7 Å². The number of carbonyl (C=O) groups is 2. The molecule has 1 amide bonds. The van der Waals surface area contributed by atoms with E-state index in [1.165, 1.54) is 4.90 Å². The van der Waals surface area contributed by atoms with Gasteiger partial charge in [-0.3, -0.25) is 9.59 Å². The number of Topliss-reactive ketones (excluding diaryl/α,β-unsaturated/α-hetero) is 1. The second-order valence-corrected chi connectivity index (χ2v) is 8.66. The highest BCUT2D eigenvalue weighted by Gasteiger charge is 2.45. The Morgan fingerprint density at radius 3 is 2.26 bits per heavy atom. The molecule has 2 aromatic rings. The van der Waals surface area contributed by atoms with E-state index >= 15 is 0 Å². The van der Waals surface area contributed by atoms with E-state index in [-0.39, 0.29) is 17.4 Å². The summed E-state index contributed by atoms with van der Waals surface area (Å²) in [7, 11) is 3.80. The monoisotopic (exact) mass is 464 g/mol. The molecule has 1 unspecified atom stereocenters. The van der Waals surface area contributed by atoms with Crippen LogP contribution in [0.15, 0.2) is 66.8 Å². The number of likely N-dealkylation sites (N-methyl/N-ethyl adjacent to an activating group) is 1. The molecule has 7 heteroatoms. The fourth-order valence-electron chi connectivity index (χ4n) is 3.79. The van der Waals surface area contributed by atoms with Gasteiger partial charge in [-0.25, -0.2) is 0 Å². The molecule has 7 nitrogen and oxygen atoms in total. The third-order valence-corrected chi connectivity index (χ3v) is 5.39. The van der Waals surface area contributed by atoms with E-state index in [1.807, 2.05) is 45.0 Å². The van der Waals surface area contributed by atoms with Gasteiger partial charge in [-0.2, -0.15) is 0 Å². The number of amides is 1. The predicted molar refractivity (Wildman–Crippen MR) is 132 cm³/mol. The van der Waals surface area contributed by atoms with Crippen molar-refractivity contribution < 1.29 is 24.2 Å². The molecule has 0 spiro atoms. The molecule has 0 radical (unpaired) electrons. The summed E-state index contributed by atoms with van der Waals surface area (Å²) in [5.74, 6) is -0.228. The highest BCUT2D eigenvalue weighted by molar-refractivity contribution is 6.46. The fourth-order valence-corrected chi connectivity index (χ4v) is 3.79. The Hall–Kier alpha value is -3.58. The molecule has 0 aromatic heterocycles. The molecule has 1 saturated heterocycles. The van der Waals surface area contributed by atoms with Crippen LogP contribution in [-0.2, 0) is 9.59 Å². The van der Waals surface area contributed by atoms with Crippen LogP contribution in [0.25, 0.3) is 5.76 Å². The van der Waals surface area contributed by atoms with E-state index < -0.39 is 17.7 Å². The highest BCUT2D eigenvalue weighted by Crippen LogP contribution is 2.39. The molecular formula is C27H32N2O5. The molecule has 1 heterocycles. The lowest BCUT2D eigenvalue weighted by Crippen LogP contribution is -2.35. The van der Waals surface area contributed by atoms with Gasteiger partial charge in [-0.05, 0) is 69.9 Å². The predicted octanol–water partition coefficient (Wildman–Crippen LogP) is 4.02. The zero-order valence-electron chi connectivity index (χ0n) is 20.2. The Morgan fingerprint density at radius 2 is 1.71 bits per heavy atom. The van der Waals surface area contributed by atoms with Crippen molar-refractivity contribution in [1.82, 2.24) is 9.80 Å². The molecule has 2 aromatic carbocycles. The van der Waals surface area contributed by atoms with Crippen molar-refractivity contribution >= 4 is 17.4 Å². The van der Waals surface area contributed by atoms with Crippen molar-refractivity contribution in [3.63, 3.8) is 0 Å². The summed E-state index contributed by atoms with van der Waals surface area (Å²) in [5.41, 5.74) is 1.23. The average molecular weight is 465 g/mol. The smallest absolute Gasteiger partial charge is 0.295 e. The maximum Gasteiger partial charge on any atom is 0.295 e. The lowest BCUT2D eigenvalue weighted by Gasteiger charge is -2.26. The van der Waals surface area contributed by atoms with Gasteiger partial charge < -0.3 is 24.4 Å². The van der Waals surface area contributed by atoms with Crippen LogP contribution in [0, 0.1) is 0 Å². The van der Waals surface area contributed by atoms with Crippen molar-refractivity contribution in [1.29, 1.82) is 0 Å². The molecule has 1 aliphatic heterocycles. The first kappa shape index (κ1) is 25.1. The molecule has 1 atom stereocenters. The lowest BCUT2D eigenvalue weighted by molar-refractivity contribution is -0.140. The molecular weight excluding hydrogens is 432 g/mol. The zero-order valence-corrected chi connectivity index (χ0v) is 20.2. The number of aliphatic hydroxyl groups excluding tert-OH is 1. The van der Waals surface area contributed by atoms with Crippen LogP contribution in [0.1, 0.15) is 31.0 Å². The number of rotatable bonds is 10. The van der Waals surface area contributed by atoms with Gasteiger partial charge >= 0.3 is 0 Å². The van der Waals surface area contributed by atoms with Crippen LogP contribution >= 0.6 is 0 Å². The van der Waals surface area contributed by atoms with Crippen LogP contribution < -0.4 is 9.47 Å². The number of benzene rings is 2. The molecule has 1 aliphatic rings. The Morgan fingerprint density at radius 1 is 1.09 bits per heavy atom. The Labute approximate surface area is 200 Å². The van der Waals surface area contributed by atoms with E-state index in [2.05, 4.69) is 6.58 Å². The van der Waals surface area contributed by atoms with Crippen LogP contribution in [0.5, 0.6) is 11.5 Å². The average Bonchev–Trinajstić information content (AvgIpc) is 3.06. The van der Waals surface area contributed by atoms with Gasteiger partial charge in [0.05, 0.1) is 17.7 Å². The quantitative estimate of drug-likeness (QED) is 0.248. The maximum absolute atomic E-state index is 13.1. The molecule has 0 saturated carbocycles. The summed E-state index contributed by atoms with van der Waals surface area (Å²) >= 11 is 0. The minimum Gasteiger partial charge on any atom is -0.507 e. The van der Waals surface area contributed by atoms with Crippen molar-refractivity contribution in [2.45, 2.75) is 26.0 Å². The van der Waals surface area contributed by atoms with E-state index in [4.69, 9.17) is 9.47 Å². The van der Waals surface area contributed by atoms with Crippen LogP contribution in [-0.4, -0.2) is 66.5 Å². The number of ketones is 1. The first-order valence-electron chi connectivity index (χ1n) is 11.3. The molecule has 0 aliphatic carbocycles. The number of ether oxygens (including phenoxy) is 2. The van der Waals surface area contributed by atoms with E-state index in [0.717, 1.165) is 0 Å². The second kappa shape index (κ2) is 11.0. The molecule has 34 heavy (non-hydrogen) atoms. The summed E-state index contributed by atoms with van der Waals surface area (Å²) < 4.78 is 11.2. The summed E-state index contributed by atoms with van der Waals surface area (Å²) in [6.07, 6.45) is 1.67. The minimum absolute atomic E-state index is 0.0138. The molecule has 3 rings (SSSR count). The summed E-state index contributed by atoms with van der Waals surface area (Å²) in [6.45, 7) is 8.79. The summed E-state index contributed by atoms with van der Waals surface area (Å²) in [5, 5.41) is 11.2. The summed E-state index contributed by atoms with van der Waals surface area (Å²) in [4.78, 5) is 29.5. The minimum atomic E-state index is -0.708. The fraction of sp³-hybridized carbons (Fsp3) is 0.333. The number of carbonyl (C=O) groups excluding carboxylic acids is 2. The van der Waals surface area contributed by atoms with Gasteiger partial charge in [0.2, 0.25) is 0 Å². The van der Waals surface area contributed by atoms with Crippen molar-refractivity contribution in [2.24, 2.45) is 0 Å². The Balaban J connectivity index is 2.04. The van der Waals surface area contributed by atoms with Gasteiger partial charge in [0.1, 0.15) is 23.9 Å². The molecule has 1 fully saturated rings. The number of hydrogen-bond acceptors (Lipinski definition) is 6. The third-order valence-electron chi connectivity index (χ3n) is 5.39. The highest BCUT2D eigenvalue weighted by atomic mass is 16.5. The second-order valence-electron chi connectivity index (χ2n) is 8.66. The number of hydrogen-bond donors (Lipinski definition) is 1. The summed E-state index contributed by atoms with van der Waals surface area (Å²) in [6, 6.07) is 13.3. The lowest BCUT2D eigenvalue weighted by atomic mass is 9.95. The van der Waals surface area contributed by atoms with Crippen LogP contribution in [0.4, 0.5) is 0 Å². The maximum atomic E-state index is 13.1. The zero-order chi connectivity index (χ0) is 24.8. The van der Waals surface area contributed by atoms with E-state index in [0.29, 0.717) is 42.3 Å². The number of nitrogens with zero attached hydrogens (tertiary/aromatic N) is 2. The third kappa shape index (κ3) is 5.66. The van der Waals surface area contributed by atoms with Gasteiger partial charge in [-0.1, -0.05) is 24.8 Å². The standard InChI is InChI=1S/C27H32N2O5/c1-6-17-33-21-11-7-19(8-12-21)24-23(26(31)27(32)29(24)16-15-28(4)5)25(30)20-9-13-22(14-10-20)34-18(2)3/h6-14,18,24,30H,1,15-17H2,2-5H3/b25-23-. The van der Waals surface area contributed by atoms with Crippen molar-refractivity contribution in [2.75, 3.05) is 33.8 Å². The molecule has 1 N–H and O–H groups in total. The van der Waals surface area contributed by atoms with Gasteiger partial charge in [-0.15, -0.1) is 0 Å². The topological polar surface area (TPSA) is 79.3 Å². The normalized spacial score (nSPS) is 17.5. The largest absolute Gasteiger partial charge is 0.507 e. The van der Waals surface area contributed by atoms with E-state index in [1.54, 1.807) is 42.5 Å². The molecule has 180 valence electrons. The van der Waals surface area contributed by atoms with Gasteiger partial charge in [0.25, 0.3) is 11.7 Å². The molecule has 0 bridgehead atoms.